The van der Waals surface area contributed by atoms with Crippen molar-refractivity contribution in [1.82, 2.24) is 4.90 Å². The third kappa shape index (κ3) is 4.68. The number of hydrogen-bond acceptors (Lipinski definition) is 3. The monoisotopic (exact) mass is 277 g/mol. The summed E-state index contributed by atoms with van der Waals surface area (Å²) in [5.74, 6) is -0.215. The summed E-state index contributed by atoms with van der Waals surface area (Å²) in [5, 5.41) is 0. The number of ether oxygens (including phenoxy) is 1. The Hall–Kier alpha value is -1.84. The first-order chi connectivity index (χ1) is 9.60. The Morgan fingerprint density at radius 2 is 1.85 bits per heavy atom. The molecule has 0 aliphatic heterocycles. The van der Waals surface area contributed by atoms with E-state index < -0.39 is 0 Å². The van der Waals surface area contributed by atoms with Crippen molar-refractivity contribution in [2.45, 2.75) is 39.2 Å². The first-order valence-electron chi connectivity index (χ1n) is 7.01. The first kappa shape index (κ1) is 16.2. The molecule has 0 fully saturated rings. The summed E-state index contributed by atoms with van der Waals surface area (Å²) in [6.45, 7) is 4.35. The molecule has 0 aliphatic rings. The van der Waals surface area contributed by atoms with E-state index in [0.717, 1.165) is 12.0 Å². The van der Waals surface area contributed by atoms with Crippen LogP contribution in [-0.4, -0.2) is 30.4 Å². The Bertz CT molecular complexity index is 431. The zero-order valence-electron chi connectivity index (χ0n) is 12.5. The van der Waals surface area contributed by atoms with Crippen LogP contribution in [0.2, 0.25) is 0 Å². The number of rotatable bonds is 7. The van der Waals surface area contributed by atoms with E-state index in [-0.39, 0.29) is 24.3 Å². The molecule has 0 bridgehead atoms. The average molecular weight is 277 g/mol. The summed E-state index contributed by atoms with van der Waals surface area (Å²) < 4.78 is 4.65. The van der Waals surface area contributed by atoms with Gasteiger partial charge in [0.25, 0.3) is 0 Å². The largest absolute Gasteiger partial charge is 0.469 e. The summed E-state index contributed by atoms with van der Waals surface area (Å²) in [4.78, 5) is 25.3. The number of benzene rings is 1. The highest BCUT2D eigenvalue weighted by Crippen LogP contribution is 2.21. The van der Waals surface area contributed by atoms with Crippen LogP contribution in [0.3, 0.4) is 0 Å². The average Bonchev–Trinajstić information content (AvgIpc) is 2.48. The lowest BCUT2D eigenvalue weighted by Gasteiger charge is -2.29. The summed E-state index contributed by atoms with van der Waals surface area (Å²) in [6.07, 6.45) is 1.52. The number of methoxy groups -OCH3 is 1. The predicted molar refractivity (Wildman–Crippen MR) is 78.1 cm³/mol. The second-order valence-electron chi connectivity index (χ2n) is 4.75. The van der Waals surface area contributed by atoms with Gasteiger partial charge in [-0.15, -0.1) is 0 Å². The van der Waals surface area contributed by atoms with Crippen LogP contribution < -0.4 is 0 Å². The number of carbonyl (C=O) groups is 2. The molecule has 1 unspecified atom stereocenters. The van der Waals surface area contributed by atoms with Gasteiger partial charge in [0, 0.05) is 13.0 Å². The lowest BCUT2D eigenvalue weighted by atomic mass is 10.1. The van der Waals surface area contributed by atoms with Crippen molar-refractivity contribution in [2.75, 3.05) is 13.7 Å². The highest BCUT2D eigenvalue weighted by molar-refractivity contribution is 5.77. The highest BCUT2D eigenvalue weighted by atomic mass is 16.5. The highest BCUT2D eigenvalue weighted by Gasteiger charge is 2.21. The van der Waals surface area contributed by atoms with Gasteiger partial charge in [0.1, 0.15) is 0 Å². The fraction of sp³-hybridized carbons (Fsp3) is 0.500. The molecule has 0 spiro atoms. The Morgan fingerprint density at radius 1 is 1.20 bits per heavy atom. The van der Waals surface area contributed by atoms with Crippen LogP contribution in [0.25, 0.3) is 0 Å². The molecule has 20 heavy (non-hydrogen) atoms. The van der Waals surface area contributed by atoms with Crippen LogP contribution >= 0.6 is 0 Å². The van der Waals surface area contributed by atoms with Crippen molar-refractivity contribution in [2.24, 2.45) is 0 Å². The maximum atomic E-state index is 12.2. The molecule has 0 radical (unpaired) electrons. The van der Waals surface area contributed by atoms with Crippen molar-refractivity contribution in [3.63, 3.8) is 0 Å². The zero-order chi connectivity index (χ0) is 15.0. The van der Waals surface area contributed by atoms with E-state index in [1.807, 2.05) is 44.2 Å². The molecular formula is C16H23NO3. The smallest absolute Gasteiger partial charge is 0.307 e. The van der Waals surface area contributed by atoms with E-state index in [2.05, 4.69) is 4.74 Å². The molecule has 1 aromatic carbocycles. The molecule has 0 saturated heterocycles. The van der Waals surface area contributed by atoms with E-state index in [1.165, 1.54) is 7.11 Å². The van der Waals surface area contributed by atoms with Crippen molar-refractivity contribution in [1.29, 1.82) is 0 Å². The minimum atomic E-state index is -0.292. The maximum absolute atomic E-state index is 12.2. The van der Waals surface area contributed by atoms with Gasteiger partial charge in [-0.2, -0.15) is 0 Å². The third-order valence-corrected chi connectivity index (χ3v) is 3.32. The lowest BCUT2D eigenvalue weighted by Crippen LogP contribution is -2.35. The van der Waals surface area contributed by atoms with Crippen molar-refractivity contribution in [3.8, 4) is 0 Å². The topological polar surface area (TPSA) is 46.6 Å². The molecule has 0 saturated carbocycles. The van der Waals surface area contributed by atoms with Crippen LogP contribution in [0.5, 0.6) is 0 Å². The molecule has 1 aromatic rings. The molecule has 110 valence electrons. The molecular weight excluding hydrogens is 254 g/mol. The summed E-state index contributed by atoms with van der Waals surface area (Å²) in [6, 6.07) is 9.80. The van der Waals surface area contributed by atoms with Gasteiger partial charge in [0.15, 0.2) is 0 Å². The molecule has 0 N–H and O–H groups in total. The van der Waals surface area contributed by atoms with Crippen LogP contribution in [0, 0.1) is 0 Å². The Labute approximate surface area is 120 Å². The van der Waals surface area contributed by atoms with Gasteiger partial charge in [-0.05, 0) is 18.9 Å². The number of esters is 1. The van der Waals surface area contributed by atoms with E-state index in [1.54, 1.807) is 4.90 Å². The van der Waals surface area contributed by atoms with Crippen molar-refractivity contribution < 1.29 is 14.3 Å². The van der Waals surface area contributed by atoms with Gasteiger partial charge in [-0.3, -0.25) is 9.59 Å². The summed E-state index contributed by atoms with van der Waals surface area (Å²) in [5.41, 5.74) is 1.07. The van der Waals surface area contributed by atoms with Gasteiger partial charge in [-0.1, -0.05) is 37.3 Å². The normalized spacial score (nSPS) is 11.8. The fourth-order valence-electron chi connectivity index (χ4n) is 2.12. The van der Waals surface area contributed by atoms with Gasteiger partial charge in [0.05, 0.1) is 19.6 Å². The van der Waals surface area contributed by atoms with Crippen molar-refractivity contribution in [3.05, 3.63) is 35.9 Å². The Balaban J connectivity index is 2.80. The van der Waals surface area contributed by atoms with E-state index in [9.17, 15) is 9.59 Å². The molecule has 1 amide bonds. The van der Waals surface area contributed by atoms with Gasteiger partial charge >= 0.3 is 5.97 Å². The van der Waals surface area contributed by atoms with Crippen LogP contribution in [0.4, 0.5) is 0 Å². The fourth-order valence-corrected chi connectivity index (χ4v) is 2.12. The van der Waals surface area contributed by atoms with Gasteiger partial charge < -0.3 is 9.64 Å². The molecule has 0 aromatic heterocycles. The minimum Gasteiger partial charge on any atom is -0.469 e. The predicted octanol–water partition coefficient (Wildman–Crippen LogP) is 2.94. The molecule has 1 atom stereocenters. The first-order valence-corrected chi connectivity index (χ1v) is 7.01. The molecule has 0 aliphatic carbocycles. The minimum absolute atomic E-state index is 0.0418. The SMILES string of the molecule is CCCC(=O)N(CCC(=O)OC)C(C)c1ccccc1. The zero-order valence-corrected chi connectivity index (χ0v) is 12.5. The molecule has 0 heterocycles. The second kappa shape index (κ2) is 8.35. The number of amides is 1. The number of hydrogen-bond donors (Lipinski definition) is 0. The molecule has 4 heteroatoms. The van der Waals surface area contributed by atoms with Crippen LogP contribution in [-0.2, 0) is 14.3 Å². The van der Waals surface area contributed by atoms with Gasteiger partial charge in [-0.25, -0.2) is 0 Å². The van der Waals surface area contributed by atoms with E-state index in [0.29, 0.717) is 13.0 Å². The molecule has 1 rings (SSSR count). The van der Waals surface area contributed by atoms with Crippen molar-refractivity contribution >= 4 is 11.9 Å². The number of carbonyl (C=O) groups excluding carboxylic acids is 2. The van der Waals surface area contributed by atoms with Crippen LogP contribution in [0.1, 0.15) is 44.7 Å². The number of nitrogens with zero attached hydrogens (tertiary/aromatic N) is 1. The molecule has 4 nitrogen and oxygen atoms in total. The lowest BCUT2D eigenvalue weighted by molar-refractivity contribution is -0.142. The quantitative estimate of drug-likeness (QED) is 0.720. The second-order valence-corrected chi connectivity index (χ2v) is 4.75. The standard InChI is InChI=1S/C16H23NO3/c1-4-8-15(18)17(12-11-16(19)20-3)13(2)14-9-6-5-7-10-14/h5-7,9-10,13H,4,8,11-12H2,1-3H3. The summed E-state index contributed by atoms with van der Waals surface area (Å²) in [7, 11) is 1.36. The third-order valence-electron chi connectivity index (χ3n) is 3.32. The maximum Gasteiger partial charge on any atom is 0.307 e. The van der Waals surface area contributed by atoms with Crippen LogP contribution in [0.15, 0.2) is 30.3 Å². The Morgan fingerprint density at radius 3 is 2.40 bits per heavy atom. The van der Waals surface area contributed by atoms with E-state index in [4.69, 9.17) is 0 Å². The summed E-state index contributed by atoms with van der Waals surface area (Å²) >= 11 is 0. The van der Waals surface area contributed by atoms with Gasteiger partial charge in [0.2, 0.25) is 5.91 Å². The van der Waals surface area contributed by atoms with E-state index >= 15 is 0 Å². The Kier molecular flexibility index (Phi) is 6.77.